The molecule has 0 N–H and O–H groups in total. The van der Waals surface area contributed by atoms with E-state index in [1.165, 1.54) is 6.33 Å². The molecule has 2 fully saturated rings. The highest BCUT2D eigenvalue weighted by atomic mass is 16.6. The molecular weight excluding hydrogens is 472 g/mol. The lowest BCUT2D eigenvalue weighted by atomic mass is 10.0. The predicted octanol–water partition coefficient (Wildman–Crippen LogP) is 5.01. The lowest BCUT2D eigenvalue weighted by Gasteiger charge is -2.38. The predicted molar refractivity (Wildman–Crippen MR) is 136 cm³/mol. The number of aryl methyl sites for hydroxylation is 1. The van der Waals surface area contributed by atoms with Gasteiger partial charge in [0.15, 0.2) is 5.75 Å². The van der Waals surface area contributed by atoms with Crippen molar-refractivity contribution in [1.82, 2.24) is 19.9 Å². The molecule has 9 nitrogen and oxygen atoms in total. The molecule has 0 spiro atoms. The van der Waals surface area contributed by atoms with Crippen LogP contribution in [0.5, 0.6) is 17.5 Å². The van der Waals surface area contributed by atoms with Crippen LogP contribution >= 0.6 is 0 Å². The van der Waals surface area contributed by atoms with E-state index in [-0.39, 0.29) is 30.9 Å². The summed E-state index contributed by atoms with van der Waals surface area (Å²) < 4.78 is 23.5. The highest BCUT2D eigenvalue weighted by Gasteiger charge is 2.45. The van der Waals surface area contributed by atoms with E-state index in [2.05, 4.69) is 15.0 Å². The van der Waals surface area contributed by atoms with Gasteiger partial charge in [0.05, 0.1) is 24.5 Å². The van der Waals surface area contributed by atoms with Gasteiger partial charge >= 0.3 is 6.09 Å². The maximum Gasteiger partial charge on any atom is 0.410 e. The monoisotopic (exact) mass is 504 g/mol. The average molecular weight is 505 g/mol. The zero-order chi connectivity index (χ0) is 25.6. The van der Waals surface area contributed by atoms with Crippen LogP contribution in [0.3, 0.4) is 0 Å². The summed E-state index contributed by atoms with van der Waals surface area (Å²) in [7, 11) is 0. The van der Waals surface area contributed by atoms with Crippen LogP contribution in [0.15, 0.2) is 55.0 Å². The van der Waals surface area contributed by atoms with Crippen LogP contribution in [0, 0.1) is 13.8 Å². The van der Waals surface area contributed by atoms with E-state index in [0.29, 0.717) is 30.7 Å². The van der Waals surface area contributed by atoms with Gasteiger partial charge in [0, 0.05) is 31.1 Å². The number of fused-ring (bicyclic) bond motifs is 2. The molecule has 0 aliphatic carbocycles. The van der Waals surface area contributed by atoms with Gasteiger partial charge < -0.3 is 23.8 Å². The van der Waals surface area contributed by atoms with E-state index >= 15 is 0 Å². The number of rotatable bonds is 9. The Labute approximate surface area is 216 Å². The molecule has 5 rings (SSSR count). The summed E-state index contributed by atoms with van der Waals surface area (Å²) in [6, 6.07) is 13.8. The molecule has 2 aliphatic rings. The van der Waals surface area contributed by atoms with Crippen molar-refractivity contribution in [2.24, 2.45) is 0 Å². The molecule has 0 radical (unpaired) electrons. The molecule has 37 heavy (non-hydrogen) atoms. The Kier molecular flexibility index (Phi) is 7.79. The number of amides is 1. The van der Waals surface area contributed by atoms with Crippen LogP contribution in [0.2, 0.25) is 0 Å². The summed E-state index contributed by atoms with van der Waals surface area (Å²) in [6.45, 7) is 4.88. The maximum atomic E-state index is 12.8. The molecule has 194 valence electrons. The highest BCUT2D eigenvalue weighted by Crippen LogP contribution is 2.38. The fourth-order valence-corrected chi connectivity index (χ4v) is 5.03. The number of hydrogen-bond donors (Lipinski definition) is 0. The van der Waals surface area contributed by atoms with E-state index in [9.17, 15) is 4.79 Å². The van der Waals surface area contributed by atoms with E-state index in [0.717, 1.165) is 42.5 Å². The number of hydrogen-bond acceptors (Lipinski definition) is 8. The van der Waals surface area contributed by atoms with Gasteiger partial charge in [-0.3, -0.25) is 4.98 Å². The van der Waals surface area contributed by atoms with Crippen LogP contribution < -0.4 is 9.47 Å². The average Bonchev–Trinajstić information content (AvgIpc) is 3.18. The first-order valence-corrected chi connectivity index (χ1v) is 12.7. The second-order valence-corrected chi connectivity index (χ2v) is 9.45. The molecule has 2 unspecified atom stereocenters. The van der Waals surface area contributed by atoms with E-state index in [4.69, 9.17) is 18.9 Å². The number of benzene rings is 1. The van der Waals surface area contributed by atoms with E-state index in [1.54, 1.807) is 6.20 Å². The second kappa shape index (κ2) is 11.6. The number of aromatic nitrogens is 3. The molecule has 4 heterocycles. The Morgan fingerprint density at radius 3 is 2.46 bits per heavy atom. The van der Waals surface area contributed by atoms with Crippen LogP contribution in [0.25, 0.3) is 0 Å². The highest BCUT2D eigenvalue weighted by molar-refractivity contribution is 5.69. The van der Waals surface area contributed by atoms with Crippen LogP contribution in [0.4, 0.5) is 4.79 Å². The van der Waals surface area contributed by atoms with Gasteiger partial charge in [-0.05, 0) is 44.4 Å². The Bertz CT molecular complexity index is 1190. The molecule has 2 aromatic heterocycles. The smallest absolute Gasteiger partial charge is 0.410 e. The molecule has 1 aromatic carbocycles. The summed E-state index contributed by atoms with van der Waals surface area (Å²) >= 11 is 0. The molecule has 2 atom stereocenters. The summed E-state index contributed by atoms with van der Waals surface area (Å²) in [6.07, 6.45) is 6.22. The summed E-state index contributed by atoms with van der Waals surface area (Å²) in [5, 5.41) is 0. The number of pyridine rings is 1. The standard InChI is InChI=1S/C28H32N4O5/c1-19-26(30-18-31-27(19)37-25-9-6-12-29-20(25)2)36-24-15-22-10-11-23(16-24)32(22)28(33)35-14-13-34-17-21-7-4-3-5-8-21/h3-9,12,18,22-24H,10-11,13-17H2,1-2H3. The minimum Gasteiger partial charge on any atom is -0.474 e. The lowest BCUT2D eigenvalue weighted by molar-refractivity contribution is 0.0154. The molecule has 2 aliphatic heterocycles. The third kappa shape index (κ3) is 5.99. The van der Waals surface area contributed by atoms with Gasteiger partial charge in [-0.2, -0.15) is 0 Å². The van der Waals surface area contributed by atoms with Gasteiger partial charge in [0.1, 0.15) is 19.0 Å². The zero-order valence-electron chi connectivity index (χ0n) is 21.2. The molecule has 9 heteroatoms. The normalized spacial score (nSPS) is 20.5. The lowest BCUT2D eigenvalue weighted by Crippen LogP contribution is -2.49. The second-order valence-electron chi connectivity index (χ2n) is 9.45. The molecular formula is C28H32N4O5. The molecule has 0 saturated carbocycles. The van der Waals surface area contributed by atoms with Crippen molar-refractivity contribution in [3.63, 3.8) is 0 Å². The van der Waals surface area contributed by atoms with Crippen molar-refractivity contribution in [3.05, 3.63) is 71.8 Å². The van der Waals surface area contributed by atoms with Gasteiger partial charge in [0.25, 0.3) is 0 Å². The van der Waals surface area contributed by atoms with E-state index < -0.39 is 0 Å². The van der Waals surface area contributed by atoms with Crippen LogP contribution in [-0.4, -0.2) is 57.3 Å². The molecule has 2 bridgehead atoms. The quantitative estimate of drug-likeness (QED) is 0.375. The first-order valence-electron chi connectivity index (χ1n) is 12.7. The van der Waals surface area contributed by atoms with Gasteiger partial charge in [-0.1, -0.05) is 30.3 Å². The number of piperidine rings is 1. The number of carbonyl (C=O) groups is 1. The topological polar surface area (TPSA) is 95.9 Å². The Morgan fingerprint density at radius 1 is 0.946 bits per heavy atom. The first kappa shape index (κ1) is 25.0. The minimum absolute atomic E-state index is 0.0441. The molecule has 3 aromatic rings. The Hall–Kier alpha value is -3.72. The summed E-state index contributed by atoms with van der Waals surface area (Å²) in [5.41, 5.74) is 2.61. The SMILES string of the molecule is Cc1ncccc1Oc1ncnc(OC2CC3CCC(C2)N3C(=O)OCCOCc2ccccc2)c1C. The minimum atomic E-state index is -0.269. The first-order chi connectivity index (χ1) is 18.1. The number of ether oxygens (including phenoxy) is 4. The van der Waals surface area contributed by atoms with E-state index in [1.807, 2.05) is 61.2 Å². The van der Waals surface area contributed by atoms with Crippen molar-refractivity contribution in [2.45, 2.75) is 64.3 Å². The maximum absolute atomic E-state index is 12.8. The number of carbonyl (C=O) groups excluding carboxylic acids is 1. The van der Waals surface area contributed by atoms with Gasteiger partial charge in [0.2, 0.25) is 11.8 Å². The summed E-state index contributed by atoms with van der Waals surface area (Å²) in [5.74, 6) is 1.59. The molecule has 2 saturated heterocycles. The Balaban J connectivity index is 1.12. The van der Waals surface area contributed by atoms with Gasteiger partial charge in [-0.15, -0.1) is 0 Å². The van der Waals surface area contributed by atoms with Crippen molar-refractivity contribution >= 4 is 6.09 Å². The number of nitrogens with zero attached hydrogens (tertiary/aromatic N) is 4. The van der Waals surface area contributed by atoms with Crippen molar-refractivity contribution in [1.29, 1.82) is 0 Å². The fourth-order valence-electron chi connectivity index (χ4n) is 5.03. The zero-order valence-corrected chi connectivity index (χ0v) is 21.2. The van der Waals surface area contributed by atoms with Crippen molar-refractivity contribution in [2.75, 3.05) is 13.2 Å². The van der Waals surface area contributed by atoms with Crippen LogP contribution in [0.1, 0.15) is 42.5 Å². The third-order valence-corrected chi connectivity index (χ3v) is 6.90. The Morgan fingerprint density at radius 2 is 1.70 bits per heavy atom. The van der Waals surface area contributed by atoms with Gasteiger partial charge in [-0.25, -0.2) is 14.8 Å². The van der Waals surface area contributed by atoms with Crippen LogP contribution in [-0.2, 0) is 16.1 Å². The third-order valence-electron chi connectivity index (χ3n) is 6.90. The van der Waals surface area contributed by atoms with Crippen molar-refractivity contribution < 1.29 is 23.7 Å². The fraction of sp³-hybridized carbons (Fsp3) is 0.429. The largest absolute Gasteiger partial charge is 0.474 e. The molecule has 1 amide bonds. The van der Waals surface area contributed by atoms with Crippen molar-refractivity contribution in [3.8, 4) is 17.5 Å². The summed E-state index contributed by atoms with van der Waals surface area (Å²) in [4.78, 5) is 27.6.